The maximum absolute atomic E-state index is 12.9. The van der Waals surface area contributed by atoms with E-state index in [1.165, 1.54) is 16.4 Å². The number of piperidine rings is 1. The minimum Gasteiger partial charge on any atom is -0.308 e. The summed E-state index contributed by atoms with van der Waals surface area (Å²) >= 11 is 0. The van der Waals surface area contributed by atoms with Crippen molar-refractivity contribution in [1.29, 1.82) is 0 Å². The van der Waals surface area contributed by atoms with Crippen molar-refractivity contribution < 1.29 is 22.7 Å². The summed E-state index contributed by atoms with van der Waals surface area (Å²) in [5, 5.41) is 2.76. The Morgan fingerprint density at radius 3 is 2.59 bits per heavy atom. The van der Waals surface area contributed by atoms with Gasteiger partial charge in [-0.3, -0.25) is 14.7 Å². The zero-order valence-electron chi connectivity index (χ0n) is 18.1. The summed E-state index contributed by atoms with van der Waals surface area (Å²) in [6.07, 6.45) is 1.04. The zero-order chi connectivity index (χ0) is 22.9. The number of amides is 1. The van der Waals surface area contributed by atoms with Crippen LogP contribution in [0.2, 0.25) is 0 Å². The number of carbonyl (C=O) groups excluding carboxylic acids is 1. The van der Waals surface area contributed by atoms with Gasteiger partial charge in [-0.2, -0.15) is 0 Å². The predicted octanol–water partition coefficient (Wildman–Crippen LogP) is 2.85. The highest BCUT2D eigenvalue weighted by atomic mass is 32.2. The molecule has 4 rings (SSSR count). The van der Waals surface area contributed by atoms with Crippen LogP contribution in [-0.4, -0.2) is 48.8 Å². The molecule has 1 spiro atoms. The number of hydrogen-bond acceptors (Lipinski definition) is 5. The van der Waals surface area contributed by atoms with E-state index in [0.717, 1.165) is 16.7 Å². The second kappa shape index (κ2) is 8.63. The van der Waals surface area contributed by atoms with Gasteiger partial charge in [-0.25, -0.2) is 12.7 Å². The number of halogens is 1. The fourth-order valence-corrected chi connectivity index (χ4v) is 5.79. The van der Waals surface area contributed by atoms with Gasteiger partial charge in [0.1, 0.15) is 11.4 Å². The van der Waals surface area contributed by atoms with Crippen molar-refractivity contribution in [3.63, 3.8) is 0 Å². The van der Waals surface area contributed by atoms with Crippen molar-refractivity contribution >= 4 is 21.8 Å². The lowest BCUT2D eigenvalue weighted by Crippen LogP contribution is -2.50. The van der Waals surface area contributed by atoms with Crippen LogP contribution in [0.25, 0.3) is 0 Å². The highest BCUT2D eigenvalue weighted by molar-refractivity contribution is 7.89. The molecule has 32 heavy (non-hydrogen) atoms. The highest BCUT2D eigenvalue weighted by Crippen LogP contribution is 2.32. The summed E-state index contributed by atoms with van der Waals surface area (Å²) in [7, 11) is -3.45. The summed E-state index contributed by atoms with van der Waals surface area (Å²) in [6.45, 7) is 4.46. The minimum atomic E-state index is -3.45. The molecule has 7 nitrogen and oxygen atoms in total. The lowest BCUT2D eigenvalue weighted by Gasteiger charge is -2.34. The van der Waals surface area contributed by atoms with Crippen LogP contribution >= 0.6 is 0 Å². The molecule has 0 aliphatic carbocycles. The molecule has 2 aromatic rings. The van der Waals surface area contributed by atoms with E-state index in [9.17, 15) is 17.7 Å². The Balaban J connectivity index is 1.43. The molecule has 0 atom stereocenters. The topological polar surface area (TPSA) is 88.1 Å². The first-order valence-electron chi connectivity index (χ1n) is 10.6. The summed E-state index contributed by atoms with van der Waals surface area (Å²) in [4.78, 5) is 21.1. The predicted molar refractivity (Wildman–Crippen MR) is 120 cm³/mol. The molecule has 1 N–H and O–H groups in total. The number of aryl methyl sites for hydroxylation is 3. The van der Waals surface area contributed by atoms with Gasteiger partial charge in [0.05, 0.1) is 5.75 Å². The summed E-state index contributed by atoms with van der Waals surface area (Å²) < 4.78 is 39.8. The van der Waals surface area contributed by atoms with E-state index in [2.05, 4.69) is 21.3 Å². The van der Waals surface area contributed by atoms with Gasteiger partial charge in [0.15, 0.2) is 5.75 Å². The summed E-state index contributed by atoms with van der Waals surface area (Å²) in [5.41, 5.74) is 2.80. The number of hydrogen-bond donors (Lipinski definition) is 1. The lowest BCUT2D eigenvalue weighted by molar-refractivity contribution is -0.124. The van der Waals surface area contributed by atoms with Gasteiger partial charge in [0.2, 0.25) is 10.0 Å². The van der Waals surface area contributed by atoms with Crippen molar-refractivity contribution in [2.75, 3.05) is 18.8 Å². The lowest BCUT2D eigenvalue weighted by atomic mass is 9.89. The number of rotatable bonds is 6. The molecular weight excluding hydrogens is 433 g/mol. The second-order valence-electron chi connectivity index (χ2n) is 8.45. The van der Waals surface area contributed by atoms with Crippen LogP contribution < -0.4 is 10.3 Å². The first-order chi connectivity index (χ1) is 15.2. The Morgan fingerprint density at radius 1 is 1.16 bits per heavy atom. The minimum absolute atomic E-state index is 0.0186. The van der Waals surface area contributed by atoms with E-state index in [0.29, 0.717) is 30.7 Å². The molecule has 2 aliphatic rings. The van der Waals surface area contributed by atoms with E-state index in [1.54, 1.807) is 12.1 Å². The molecule has 0 aromatic heterocycles. The molecule has 0 saturated carbocycles. The maximum atomic E-state index is 12.9. The molecule has 170 valence electrons. The van der Waals surface area contributed by atoms with Gasteiger partial charge < -0.3 is 5.32 Å². The molecule has 9 heteroatoms. The average Bonchev–Trinajstić information content (AvgIpc) is 3.09. The van der Waals surface area contributed by atoms with Crippen molar-refractivity contribution in [2.45, 2.75) is 38.6 Å². The van der Waals surface area contributed by atoms with Crippen LogP contribution in [0.4, 0.5) is 4.53 Å². The van der Waals surface area contributed by atoms with Gasteiger partial charge in [-0.05, 0) is 56.4 Å². The Labute approximate surface area is 187 Å². The normalized spacial score (nSPS) is 18.5. The molecule has 1 fully saturated rings. The number of carbonyl (C=O) groups is 1. The van der Waals surface area contributed by atoms with Gasteiger partial charge >= 0.3 is 0 Å². The Morgan fingerprint density at radius 2 is 1.91 bits per heavy atom. The molecule has 0 unspecified atom stereocenters. The molecular formula is C23H26FN3O4S. The van der Waals surface area contributed by atoms with Gasteiger partial charge in [-0.15, -0.1) is 0 Å². The smallest absolute Gasteiger partial charge is 0.253 e. The van der Waals surface area contributed by atoms with Crippen LogP contribution in [0.1, 0.15) is 35.1 Å². The number of nitrogens with zero attached hydrogens (tertiary/aromatic N) is 2. The van der Waals surface area contributed by atoms with Gasteiger partial charge in [0, 0.05) is 23.2 Å². The molecule has 1 saturated heterocycles. The standard InChI is InChI=1S/C23H26FN3O4S/c1-16-6-7-18(17(2)14-16)8-13-32(29,30)27-11-9-23(10-12-27)22(28)25-21(26-23)19-4-3-5-20(15-19)31-24/h3-7,14-15H,8-13H2,1-2H3,(H,25,26,28). The third-order valence-corrected chi connectivity index (χ3v) is 8.12. The van der Waals surface area contributed by atoms with Gasteiger partial charge in [-0.1, -0.05) is 35.9 Å². The van der Waals surface area contributed by atoms with Crippen molar-refractivity contribution in [3.05, 3.63) is 64.7 Å². The number of benzene rings is 2. The van der Waals surface area contributed by atoms with Crippen LogP contribution in [0.15, 0.2) is 47.5 Å². The number of sulfonamides is 1. The first-order valence-corrected chi connectivity index (χ1v) is 12.2. The third kappa shape index (κ3) is 4.40. The maximum Gasteiger partial charge on any atom is 0.253 e. The van der Waals surface area contributed by atoms with E-state index in [1.807, 2.05) is 26.0 Å². The molecule has 0 bridgehead atoms. The number of amidine groups is 1. The summed E-state index contributed by atoms with van der Waals surface area (Å²) in [5.74, 6) is 0.136. The fraction of sp³-hybridized carbons (Fsp3) is 0.391. The Hall–Kier alpha value is -2.78. The van der Waals surface area contributed by atoms with Crippen LogP contribution in [0, 0.1) is 13.8 Å². The molecule has 1 amide bonds. The van der Waals surface area contributed by atoms with Crippen molar-refractivity contribution in [3.8, 4) is 5.75 Å². The van der Waals surface area contributed by atoms with Crippen LogP contribution in [0.5, 0.6) is 5.75 Å². The summed E-state index contributed by atoms with van der Waals surface area (Å²) in [6, 6.07) is 12.2. The van der Waals surface area contributed by atoms with Crippen LogP contribution in [-0.2, 0) is 21.2 Å². The van der Waals surface area contributed by atoms with E-state index in [-0.39, 0.29) is 30.5 Å². The quantitative estimate of drug-likeness (QED) is 0.720. The fourth-order valence-electron chi connectivity index (χ4n) is 4.31. The third-order valence-electron chi connectivity index (χ3n) is 6.25. The first kappa shape index (κ1) is 22.4. The average molecular weight is 460 g/mol. The van der Waals surface area contributed by atoms with Gasteiger partial charge in [0.25, 0.3) is 5.91 Å². The van der Waals surface area contributed by atoms with Crippen LogP contribution in [0.3, 0.4) is 0 Å². The van der Waals surface area contributed by atoms with E-state index >= 15 is 0 Å². The largest absolute Gasteiger partial charge is 0.308 e. The monoisotopic (exact) mass is 459 g/mol. The van der Waals surface area contributed by atoms with E-state index in [4.69, 9.17) is 0 Å². The van der Waals surface area contributed by atoms with E-state index < -0.39 is 15.6 Å². The molecule has 2 heterocycles. The number of aliphatic imine (C=N–C) groups is 1. The van der Waals surface area contributed by atoms with Crippen molar-refractivity contribution in [1.82, 2.24) is 9.62 Å². The van der Waals surface area contributed by atoms with Crippen molar-refractivity contribution in [2.24, 2.45) is 4.99 Å². The highest BCUT2D eigenvalue weighted by Gasteiger charge is 2.47. The second-order valence-corrected chi connectivity index (χ2v) is 10.5. The zero-order valence-corrected chi connectivity index (χ0v) is 18.9. The SMILES string of the molecule is Cc1ccc(CCS(=O)(=O)N2CCC3(CC2)N=C(c2cccc(OF)c2)NC3=O)c(C)c1. The molecule has 2 aromatic carbocycles. The Bertz CT molecular complexity index is 1170. The molecule has 0 radical (unpaired) electrons. The molecule has 2 aliphatic heterocycles. The number of nitrogens with one attached hydrogen (secondary N) is 1. The Kier molecular flexibility index (Phi) is 6.05.